The summed E-state index contributed by atoms with van der Waals surface area (Å²) in [5.74, 6) is 0. The van der Waals surface area contributed by atoms with Crippen molar-refractivity contribution in [3.05, 3.63) is 51.2 Å². The van der Waals surface area contributed by atoms with Gasteiger partial charge in [-0.3, -0.25) is 10.1 Å². The van der Waals surface area contributed by atoms with Crippen LogP contribution in [0.25, 0.3) is 6.08 Å². The summed E-state index contributed by atoms with van der Waals surface area (Å²) in [4.78, 5) is 9.43. The first-order valence-corrected chi connectivity index (χ1v) is 3.63. The van der Waals surface area contributed by atoms with Gasteiger partial charge in [0.15, 0.2) is 0 Å². The van der Waals surface area contributed by atoms with Crippen LogP contribution in [-0.4, -0.2) is 4.92 Å². The van der Waals surface area contributed by atoms with E-state index < -0.39 is 4.92 Å². The van der Waals surface area contributed by atoms with Crippen LogP contribution in [0.1, 0.15) is 5.56 Å². The Morgan fingerprint density at radius 3 is 2.83 bits per heavy atom. The van der Waals surface area contributed by atoms with Gasteiger partial charge in [-0.2, -0.15) is 0 Å². The van der Waals surface area contributed by atoms with Gasteiger partial charge >= 0.3 is 0 Å². The van der Waals surface area contributed by atoms with Crippen LogP contribution in [0.4, 0.5) is 0 Å². The molecule has 0 saturated carbocycles. The van der Waals surface area contributed by atoms with Crippen molar-refractivity contribution in [1.82, 2.24) is 0 Å². The van der Waals surface area contributed by atoms with Crippen molar-refractivity contribution in [3.8, 4) is 0 Å². The number of nitro groups is 1. The van der Waals surface area contributed by atoms with Crippen LogP contribution in [0.5, 0.6) is 0 Å². The Morgan fingerprint density at radius 2 is 2.25 bits per heavy atom. The molecule has 0 aliphatic heterocycles. The highest BCUT2D eigenvalue weighted by molar-refractivity contribution is 6.30. The molecule has 0 radical (unpaired) electrons. The molecule has 0 saturated heterocycles. The number of halogens is 1. The van der Waals surface area contributed by atoms with E-state index in [9.17, 15) is 10.1 Å². The molecule has 1 rings (SSSR count). The molecule has 0 atom stereocenters. The lowest BCUT2D eigenvalue weighted by Gasteiger charge is -1.90. The summed E-state index contributed by atoms with van der Waals surface area (Å²) >= 11 is 5.66. The molecular formula is C8H6ClNO2. The number of rotatable bonds is 2. The van der Waals surface area contributed by atoms with Gasteiger partial charge in [0.1, 0.15) is 0 Å². The second kappa shape index (κ2) is 3.88. The zero-order valence-electron chi connectivity index (χ0n) is 6.11. The molecule has 0 aromatic heterocycles. The lowest BCUT2D eigenvalue weighted by atomic mass is 10.2. The second-order valence-electron chi connectivity index (χ2n) is 2.16. The lowest BCUT2D eigenvalue weighted by Crippen LogP contribution is -1.82. The van der Waals surface area contributed by atoms with Crippen LogP contribution in [0.2, 0.25) is 5.02 Å². The molecule has 0 aliphatic rings. The van der Waals surface area contributed by atoms with Crippen molar-refractivity contribution in [2.75, 3.05) is 0 Å². The van der Waals surface area contributed by atoms with E-state index in [2.05, 4.69) is 0 Å². The number of hydrogen-bond acceptors (Lipinski definition) is 2. The average Bonchev–Trinajstić information content (AvgIpc) is 2.01. The van der Waals surface area contributed by atoms with E-state index in [-0.39, 0.29) is 0 Å². The predicted molar refractivity (Wildman–Crippen MR) is 47.5 cm³/mol. The Bertz CT molecular complexity index is 323. The van der Waals surface area contributed by atoms with E-state index in [0.717, 1.165) is 11.8 Å². The Morgan fingerprint density at radius 1 is 1.50 bits per heavy atom. The fourth-order valence-corrected chi connectivity index (χ4v) is 0.956. The molecule has 1 aromatic rings. The number of nitrogens with zero attached hydrogens (tertiary/aromatic N) is 1. The molecule has 0 N–H and O–H groups in total. The monoisotopic (exact) mass is 183 g/mol. The fourth-order valence-electron chi connectivity index (χ4n) is 0.757. The molecule has 0 unspecified atom stereocenters. The zero-order valence-corrected chi connectivity index (χ0v) is 6.86. The second-order valence-corrected chi connectivity index (χ2v) is 2.59. The molecule has 0 amide bonds. The third-order valence-corrected chi connectivity index (χ3v) is 1.47. The minimum atomic E-state index is -0.513. The first-order valence-electron chi connectivity index (χ1n) is 3.26. The maximum atomic E-state index is 9.94. The largest absolute Gasteiger partial charge is 0.259 e. The highest BCUT2D eigenvalue weighted by atomic mass is 35.5. The Balaban J connectivity index is 2.83. The minimum Gasteiger partial charge on any atom is -0.259 e. The molecule has 0 fully saturated rings. The van der Waals surface area contributed by atoms with Crippen molar-refractivity contribution in [2.24, 2.45) is 0 Å². The summed E-state index contributed by atoms with van der Waals surface area (Å²) in [6, 6.07) is 6.85. The first kappa shape index (κ1) is 8.74. The van der Waals surface area contributed by atoms with Crippen molar-refractivity contribution in [1.29, 1.82) is 0 Å². The first-order chi connectivity index (χ1) is 5.68. The van der Waals surface area contributed by atoms with Gasteiger partial charge in [-0.05, 0) is 17.7 Å². The predicted octanol–water partition coefficient (Wildman–Crippen LogP) is 2.59. The van der Waals surface area contributed by atoms with Gasteiger partial charge in [-0.25, -0.2) is 0 Å². The van der Waals surface area contributed by atoms with Gasteiger partial charge in [0.25, 0.3) is 0 Å². The summed E-state index contributed by atoms with van der Waals surface area (Å²) in [5, 5.41) is 10.5. The fraction of sp³-hybridized carbons (Fsp3) is 0. The molecule has 0 heterocycles. The topological polar surface area (TPSA) is 43.1 Å². The van der Waals surface area contributed by atoms with Gasteiger partial charge < -0.3 is 0 Å². The van der Waals surface area contributed by atoms with E-state index in [1.807, 2.05) is 0 Å². The summed E-state index contributed by atoms with van der Waals surface area (Å²) in [5.41, 5.74) is 0.721. The molecule has 62 valence electrons. The van der Waals surface area contributed by atoms with Gasteiger partial charge in [0.05, 0.1) is 4.92 Å². The molecular weight excluding hydrogens is 178 g/mol. The van der Waals surface area contributed by atoms with Crippen LogP contribution in [-0.2, 0) is 0 Å². The van der Waals surface area contributed by atoms with Gasteiger partial charge in [-0.15, -0.1) is 0 Å². The highest BCUT2D eigenvalue weighted by Gasteiger charge is 1.90. The maximum Gasteiger partial charge on any atom is 0.235 e. The van der Waals surface area contributed by atoms with Crippen LogP contribution < -0.4 is 0 Å². The molecule has 0 aliphatic carbocycles. The summed E-state index contributed by atoms with van der Waals surface area (Å²) < 4.78 is 0. The Hall–Kier alpha value is -1.35. The quantitative estimate of drug-likeness (QED) is 0.523. The molecule has 4 heteroatoms. The van der Waals surface area contributed by atoms with Crippen LogP contribution in [0, 0.1) is 10.1 Å². The van der Waals surface area contributed by atoms with Crippen molar-refractivity contribution in [2.45, 2.75) is 0 Å². The van der Waals surface area contributed by atoms with Crippen LogP contribution in [0.3, 0.4) is 0 Å². The summed E-state index contributed by atoms with van der Waals surface area (Å²) in [7, 11) is 0. The third kappa shape index (κ3) is 2.72. The van der Waals surface area contributed by atoms with Gasteiger partial charge in [0.2, 0.25) is 6.20 Å². The van der Waals surface area contributed by atoms with Crippen molar-refractivity contribution < 1.29 is 4.92 Å². The normalized spacial score (nSPS) is 10.4. The van der Waals surface area contributed by atoms with Crippen LogP contribution in [0.15, 0.2) is 30.5 Å². The molecule has 0 bridgehead atoms. The van der Waals surface area contributed by atoms with E-state index >= 15 is 0 Å². The lowest BCUT2D eigenvalue weighted by molar-refractivity contribution is -0.400. The van der Waals surface area contributed by atoms with Crippen LogP contribution >= 0.6 is 11.6 Å². The van der Waals surface area contributed by atoms with Gasteiger partial charge in [0, 0.05) is 11.1 Å². The zero-order chi connectivity index (χ0) is 8.97. The maximum absolute atomic E-state index is 9.94. The van der Waals surface area contributed by atoms with E-state index in [4.69, 9.17) is 11.6 Å². The Kier molecular flexibility index (Phi) is 2.82. The van der Waals surface area contributed by atoms with Gasteiger partial charge in [-0.1, -0.05) is 23.7 Å². The minimum absolute atomic E-state index is 0.513. The number of hydrogen-bond donors (Lipinski definition) is 0. The third-order valence-electron chi connectivity index (χ3n) is 1.24. The average molecular weight is 184 g/mol. The smallest absolute Gasteiger partial charge is 0.235 e. The SMILES string of the molecule is O=[N+]([O-])/C=C/c1cccc(Cl)c1. The highest BCUT2D eigenvalue weighted by Crippen LogP contribution is 2.11. The molecule has 3 nitrogen and oxygen atoms in total. The van der Waals surface area contributed by atoms with E-state index in [0.29, 0.717) is 5.02 Å². The number of benzene rings is 1. The standard InChI is InChI=1S/C8H6ClNO2/c9-8-3-1-2-7(6-8)4-5-10(11)12/h1-6H/b5-4+. The van der Waals surface area contributed by atoms with Crippen molar-refractivity contribution >= 4 is 17.7 Å². The van der Waals surface area contributed by atoms with E-state index in [1.165, 1.54) is 6.08 Å². The molecule has 1 aromatic carbocycles. The summed E-state index contributed by atoms with van der Waals surface area (Å²) in [6.07, 6.45) is 2.28. The van der Waals surface area contributed by atoms with Crippen molar-refractivity contribution in [3.63, 3.8) is 0 Å². The Labute approximate surface area is 74.4 Å². The molecule has 0 spiro atoms. The molecule has 12 heavy (non-hydrogen) atoms. The summed E-state index contributed by atoms with van der Waals surface area (Å²) in [6.45, 7) is 0. The van der Waals surface area contributed by atoms with E-state index in [1.54, 1.807) is 24.3 Å².